The summed E-state index contributed by atoms with van der Waals surface area (Å²) in [6.07, 6.45) is 2.24. The molecule has 0 N–H and O–H groups in total. The van der Waals surface area contributed by atoms with E-state index < -0.39 is 11.6 Å². The molecule has 1 aromatic carbocycles. The Kier molecular flexibility index (Phi) is 4.39. The van der Waals surface area contributed by atoms with Gasteiger partial charge in [0.05, 0.1) is 23.9 Å². The lowest BCUT2D eigenvalue weighted by Crippen LogP contribution is -2.14. The molecule has 2 aromatic rings. The van der Waals surface area contributed by atoms with Gasteiger partial charge >= 0.3 is 0 Å². The second-order valence-corrected chi connectivity index (χ2v) is 4.62. The molecule has 1 aromatic heterocycles. The number of halogens is 2. The van der Waals surface area contributed by atoms with Crippen molar-refractivity contribution in [2.45, 2.75) is 19.9 Å². The fraction of sp³-hybridized carbons (Fsp3) is 0.286. The van der Waals surface area contributed by atoms with Crippen molar-refractivity contribution in [1.82, 2.24) is 9.78 Å². The predicted molar refractivity (Wildman–Crippen MR) is 73.9 cm³/mol. The van der Waals surface area contributed by atoms with Crippen LogP contribution in [0, 0.1) is 5.82 Å². The van der Waals surface area contributed by atoms with Crippen LogP contribution >= 0.6 is 11.6 Å². The molecule has 0 aliphatic heterocycles. The van der Waals surface area contributed by atoms with E-state index in [2.05, 4.69) is 5.10 Å². The van der Waals surface area contributed by atoms with Crippen LogP contribution in [0.15, 0.2) is 24.4 Å². The molecule has 0 atom stereocenters. The quantitative estimate of drug-likeness (QED) is 0.795. The minimum absolute atomic E-state index is 0.0867. The Bertz CT molecular complexity index is 640. The lowest BCUT2D eigenvalue weighted by atomic mass is 10.1. The van der Waals surface area contributed by atoms with Gasteiger partial charge in [0, 0.05) is 6.54 Å². The molecule has 1 heterocycles. The van der Waals surface area contributed by atoms with Crippen LogP contribution in [-0.2, 0) is 6.54 Å². The number of ketones is 1. The molecule has 6 heteroatoms. The van der Waals surface area contributed by atoms with Gasteiger partial charge in [-0.3, -0.25) is 9.48 Å². The number of nitrogens with zero attached hydrogens (tertiary/aromatic N) is 2. The molecule has 4 nitrogen and oxygen atoms in total. The first-order valence-electron chi connectivity index (χ1n) is 6.18. The summed E-state index contributed by atoms with van der Waals surface area (Å²) in [5.41, 5.74) is 0.143. The van der Waals surface area contributed by atoms with Crippen molar-refractivity contribution in [3.63, 3.8) is 0 Å². The van der Waals surface area contributed by atoms with E-state index in [0.29, 0.717) is 12.3 Å². The zero-order valence-corrected chi connectivity index (χ0v) is 11.9. The first-order chi connectivity index (χ1) is 9.60. The Morgan fingerprint density at radius 1 is 1.50 bits per heavy atom. The number of hydrogen-bond donors (Lipinski definition) is 0. The summed E-state index contributed by atoms with van der Waals surface area (Å²) < 4.78 is 20.6. The van der Waals surface area contributed by atoms with Crippen LogP contribution in [0.25, 0.3) is 0 Å². The third-order valence-electron chi connectivity index (χ3n) is 2.87. The molecule has 0 radical (unpaired) electrons. The maximum Gasteiger partial charge on any atom is 0.217 e. The van der Waals surface area contributed by atoms with Gasteiger partial charge in [-0.1, -0.05) is 24.6 Å². The molecular weight excluding hydrogens is 283 g/mol. The first-order valence-corrected chi connectivity index (χ1v) is 6.56. The fourth-order valence-corrected chi connectivity index (χ4v) is 2.11. The molecule has 0 saturated heterocycles. The topological polar surface area (TPSA) is 44.1 Å². The van der Waals surface area contributed by atoms with E-state index in [0.717, 1.165) is 6.42 Å². The molecule has 2 rings (SSSR count). The number of aryl methyl sites for hydroxylation is 1. The predicted octanol–water partition coefficient (Wildman–Crippen LogP) is 3.33. The van der Waals surface area contributed by atoms with Crippen molar-refractivity contribution >= 4 is 17.4 Å². The number of carbonyl (C=O) groups excluding carboxylic acids is 1. The highest BCUT2D eigenvalue weighted by Crippen LogP contribution is 2.25. The van der Waals surface area contributed by atoms with Crippen LogP contribution < -0.4 is 4.74 Å². The van der Waals surface area contributed by atoms with E-state index in [9.17, 15) is 9.18 Å². The zero-order valence-electron chi connectivity index (χ0n) is 11.2. The van der Waals surface area contributed by atoms with Crippen molar-refractivity contribution in [3.8, 4) is 5.75 Å². The van der Waals surface area contributed by atoms with E-state index in [1.165, 1.54) is 36.2 Å². The lowest BCUT2D eigenvalue weighted by molar-refractivity contribution is 0.102. The summed E-state index contributed by atoms with van der Waals surface area (Å²) >= 11 is 5.71. The fourth-order valence-electron chi connectivity index (χ4n) is 1.93. The SMILES string of the molecule is CCCn1ncc(OC)c1C(=O)c1cccc(Cl)c1F. The van der Waals surface area contributed by atoms with Gasteiger partial charge in [0.25, 0.3) is 0 Å². The van der Waals surface area contributed by atoms with Crippen molar-refractivity contribution in [3.05, 3.63) is 46.5 Å². The Balaban J connectivity index is 2.52. The maximum absolute atomic E-state index is 14.0. The molecule has 0 aliphatic carbocycles. The van der Waals surface area contributed by atoms with Gasteiger partial charge in [0.2, 0.25) is 5.78 Å². The first kappa shape index (κ1) is 14.5. The molecule has 0 fully saturated rings. The van der Waals surface area contributed by atoms with E-state index in [1.54, 1.807) is 0 Å². The average Bonchev–Trinajstić information content (AvgIpc) is 2.84. The highest BCUT2D eigenvalue weighted by atomic mass is 35.5. The third-order valence-corrected chi connectivity index (χ3v) is 3.16. The average molecular weight is 297 g/mol. The molecule has 0 bridgehead atoms. The number of benzene rings is 1. The summed E-state index contributed by atoms with van der Waals surface area (Å²) in [5.74, 6) is -0.902. The Hall–Kier alpha value is -1.88. The van der Waals surface area contributed by atoms with E-state index in [4.69, 9.17) is 16.3 Å². The van der Waals surface area contributed by atoms with Gasteiger partial charge in [-0.2, -0.15) is 5.10 Å². The summed E-state index contributed by atoms with van der Waals surface area (Å²) in [6, 6.07) is 4.33. The van der Waals surface area contributed by atoms with Gasteiger partial charge in [-0.15, -0.1) is 0 Å². The number of hydrogen-bond acceptors (Lipinski definition) is 3. The minimum Gasteiger partial charge on any atom is -0.493 e. The van der Waals surface area contributed by atoms with Gasteiger partial charge in [-0.05, 0) is 18.6 Å². The summed E-state index contributed by atoms with van der Waals surface area (Å²) in [4.78, 5) is 12.5. The number of aromatic nitrogens is 2. The summed E-state index contributed by atoms with van der Waals surface area (Å²) in [7, 11) is 1.44. The standard InChI is InChI=1S/C14H14ClFN2O2/c1-3-7-18-13(11(20-2)8-17-18)14(19)9-5-4-6-10(15)12(9)16/h4-6,8H,3,7H2,1-2H3. The minimum atomic E-state index is -0.731. The number of methoxy groups -OCH3 is 1. The monoisotopic (exact) mass is 296 g/mol. The van der Waals surface area contributed by atoms with Gasteiger partial charge in [0.15, 0.2) is 17.3 Å². The second-order valence-electron chi connectivity index (χ2n) is 4.22. The van der Waals surface area contributed by atoms with E-state index in [1.807, 2.05) is 6.92 Å². The lowest BCUT2D eigenvalue weighted by Gasteiger charge is -2.08. The molecule has 0 spiro atoms. The molecule has 0 saturated carbocycles. The highest BCUT2D eigenvalue weighted by molar-refractivity contribution is 6.31. The van der Waals surface area contributed by atoms with Crippen LogP contribution in [-0.4, -0.2) is 22.7 Å². The number of ether oxygens (including phenoxy) is 1. The third kappa shape index (κ3) is 2.54. The summed E-state index contributed by atoms with van der Waals surface area (Å²) in [5, 5.41) is 4.00. The van der Waals surface area contributed by atoms with Crippen molar-refractivity contribution < 1.29 is 13.9 Å². The maximum atomic E-state index is 14.0. The molecule has 20 heavy (non-hydrogen) atoms. The molecule has 0 amide bonds. The van der Waals surface area contributed by atoms with Crippen LogP contribution in [0.5, 0.6) is 5.75 Å². The Morgan fingerprint density at radius 2 is 2.25 bits per heavy atom. The highest BCUT2D eigenvalue weighted by Gasteiger charge is 2.24. The van der Waals surface area contributed by atoms with E-state index >= 15 is 0 Å². The van der Waals surface area contributed by atoms with E-state index in [-0.39, 0.29) is 16.3 Å². The Morgan fingerprint density at radius 3 is 2.90 bits per heavy atom. The van der Waals surface area contributed by atoms with Crippen LogP contribution in [0.1, 0.15) is 29.4 Å². The molecule has 106 valence electrons. The van der Waals surface area contributed by atoms with Gasteiger partial charge < -0.3 is 4.74 Å². The molecular formula is C14H14ClFN2O2. The number of rotatable bonds is 5. The Labute approximate surface area is 121 Å². The second kappa shape index (κ2) is 6.05. The van der Waals surface area contributed by atoms with Crippen molar-refractivity contribution in [2.24, 2.45) is 0 Å². The molecule has 0 unspecified atom stereocenters. The normalized spacial score (nSPS) is 10.6. The van der Waals surface area contributed by atoms with Crippen LogP contribution in [0.3, 0.4) is 0 Å². The van der Waals surface area contributed by atoms with Crippen LogP contribution in [0.4, 0.5) is 4.39 Å². The van der Waals surface area contributed by atoms with Crippen LogP contribution in [0.2, 0.25) is 5.02 Å². The van der Waals surface area contributed by atoms with Gasteiger partial charge in [0.1, 0.15) is 0 Å². The van der Waals surface area contributed by atoms with Gasteiger partial charge in [-0.25, -0.2) is 4.39 Å². The largest absolute Gasteiger partial charge is 0.493 e. The number of carbonyl (C=O) groups is 1. The molecule has 0 aliphatic rings. The van der Waals surface area contributed by atoms with Crippen molar-refractivity contribution in [1.29, 1.82) is 0 Å². The smallest absolute Gasteiger partial charge is 0.217 e. The zero-order chi connectivity index (χ0) is 14.7. The summed E-state index contributed by atoms with van der Waals surface area (Å²) in [6.45, 7) is 2.51. The van der Waals surface area contributed by atoms with Crippen molar-refractivity contribution in [2.75, 3.05) is 7.11 Å².